The van der Waals surface area contributed by atoms with E-state index in [4.69, 9.17) is 4.74 Å². The molecule has 2 N–H and O–H groups in total. The summed E-state index contributed by atoms with van der Waals surface area (Å²) in [7, 11) is 0. The third kappa shape index (κ3) is 5.58. The maximum atomic E-state index is 9.49. The Morgan fingerprint density at radius 3 is 2.79 bits per heavy atom. The molecule has 0 heterocycles. The van der Waals surface area contributed by atoms with E-state index in [0.717, 1.165) is 5.92 Å². The van der Waals surface area contributed by atoms with Crippen LogP contribution in [0.25, 0.3) is 0 Å². The van der Waals surface area contributed by atoms with Gasteiger partial charge in [0.05, 0.1) is 12.7 Å². The van der Waals surface area contributed by atoms with Crippen molar-refractivity contribution in [2.75, 3.05) is 19.8 Å². The standard InChI is InChI=1S/C11H23NO2/c1-3-14-8-11(13)7-12-9(2)6-10-4-5-10/h9-13H,3-8H2,1-2H3. The molecule has 0 amide bonds. The van der Waals surface area contributed by atoms with E-state index in [1.165, 1.54) is 19.3 Å². The molecule has 0 aromatic carbocycles. The third-order valence-electron chi connectivity index (χ3n) is 2.60. The number of nitrogens with one attached hydrogen (secondary N) is 1. The number of rotatable bonds is 8. The lowest BCUT2D eigenvalue weighted by Gasteiger charge is -2.16. The number of ether oxygens (including phenoxy) is 1. The zero-order valence-electron chi connectivity index (χ0n) is 9.33. The molecule has 3 nitrogen and oxygen atoms in total. The Bertz CT molecular complexity index is 148. The van der Waals surface area contributed by atoms with E-state index in [1.54, 1.807) is 0 Å². The Hall–Kier alpha value is -0.120. The van der Waals surface area contributed by atoms with E-state index in [9.17, 15) is 5.11 Å². The second-order valence-corrected chi connectivity index (χ2v) is 4.30. The van der Waals surface area contributed by atoms with Gasteiger partial charge in [0.1, 0.15) is 0 Å². The van der Waals surface area contributed by atoms with E-state index in [1.807, 2.05) is 6.92 Å². The lowest BCUT2D eigenvalue weighted by Crippen LogP contribution is -2.36. The van der Waals surface area contributed by atoms with Crippen molar-refractivity contribution in [2.45, 2.75) is 45.3 Å². The third-order valence-corrected chi connectivity index (χ3v) is 2.60. The van der Waals surface area contributed by atoms with Crippen molar-refractivity contribution >= 4 is 0 Å². The van der Waals surface area contributed by atoms with Gasteiger partial charge < -0.3 is 15.2 Å². The number of hydrogen-bond donors (Lipinski definition) is 2. The summed E-state index contributed by atoms with van der Waals surface area (Å²) in [6, 6.07) is 0.527. The molecule has 0 radical (unpaired) electrons. The molecule has 1 aliphatic rings. The quantitative estimate of drug-likeness (QED) is 0.619. The number of aliphatic hydroxyl groups excluding tert-OH is 1. The molecule has 1 saturated carbocycles. The summed E-state index contributed by atoms with van der Waals surface area (Å²) in [4.78, 5) is 0. The lowest BCUT2D eigenvalue weighted by molar-refractivity contribution is 0.0414. The molecule has 0 aliphatic heterocycles. The highest BCUT2D eigenvalue weighted by Crippen LogP contribution is 2.33. The molecule has 1 rings (SSSR count). The zero-order chi connectivity index (χ0) is 10.4. The summed E-state index contributed by atoms with van der Waals surface area (Å²) in [5.74, 6) is 0.946. The molecule has 3 heteroatoms. The maximum Gasteiger partial charge on any atom is 0.0897 e. The molecule has 14 heavy (non-hydrogen) atoms. The first kappa shape index (κ1) is 12.0. The fraction of sp³-hybridized carbons (Fsp3) is 1.00. The van der Waals surface area contributed by atoms with Crippen LogP contribution in [-0.2, 0) is 4.74 Å². The van der Waals surface area contributed by atoms with Crippen LogP contribution in [0.15, 0.2) is 0 Å². The van der Waals surface area contributed by atoms with E-state index in [-0.39, 0.29) is 6.10 Å². The van der Waals surface area contributed by atoms with Gasteiger partial charge in [0.25, 0.3) is 0 Å². The van der Waals surface area contributed by atoms with Gasteiger partial charge in [-0.15, -0.1) is 0 Å². The number of aliphatic hydroxyl groups is 1. The Balaban J connectivity index is 1.94. The first-order valence-corrected chi connectivity index (χ1v) is 5.71. The molecular weight excluding hydrogens is 178 g/mol. The molecule has 84 valence electrons. The molecule has 0 aromatic rings. The summed E-state index contributed by atoms with van der Waals surface area (Å²) < 4.78 is 5.13. The molecule has 0 saturated heterocycles. The highest BCUT2D eigenvalue weighted by molar-refractivity contribution is 4.78. The minimum Gasteiger partial charge on any atom is -0.389 e. The van der Waals surface area contributed by atoms with E-state index in [0.29, 0.717) is 25.8 Å². The van der Waals surface area contributed by atoms with E-state index < -0.39 is 0 Å². The normalized spacial score (nSPS) is 20.8. The first-order chi connectivity index (χ1) is 6.72. The van der Waals surface area contributed by atoms with Gasteiger partial charge in [0.15, 0.2) is 0 Å². The predicted molar refractivity (Wildman–Crippen MR) is 57.3 cm³/mol. The summed E-state index contributed by atoms with van der Waals surface area (Å²) in [6.07, 6.45) is 3.68. The molecule has 1 fully saturated rings. The van der Waals surface area contributed by atoms with Crippen LogP contribution in [0.5, 0.6) is 0 Å². The highest BCUT2D eigenvalue weighted by Gasteiger charge is 2.23. The maximum absolute atomic E-state index is 9.49. The van der Waals surface area contributed by atoms with E-state index in [2.05, 4.69) is 12.2 Å². The zero-order valence-corrected chi connectivity index (χ0v) is 9.33. The molecule has 2 unspecified atom stereocenters. The van der Waals surface area contributed by atoms with Crippen molar-refractivity contribution in [1.82, 2.24) is 5.32 Å². The van der Waals surface area contributed by atoms with Crippen LogP contribution in [0.4, 0.5) is 0 Å². The van der Waals surface area contributed by atoms with Gasteiger partial charge in [-0.2, -0.15) is 0 Å². The van der Waals surface area contributed by atoms with Crippen molar-refractivity contribution in [3.8, 4) is 0 Å². The fourth-order valence-electron chi connectivity index (χ4n) is 1.59. The Kier molecular flexibility index (Phi) is 5.45. The Morgan fingerprint density at radius 2 is 2.21 bits per heavy atom. The summed E-state index contributed by atoms with van der Waals surface area (Å²) >= 11 is 0. The van der Waals surface area contributed by atoms with Gasteiger partial charge in [0, 0.05) is 19.2 Å². The summed E-state index contributed by atoms with van der Waals surface area (Å²) in [6.45, 7) is 5.89. The minimum atomic E-state index is -0.364. The lowest BCUT2D eigenvalue weighted by atomic mass is 10.1. The fourth-order valence-corrected chi connectivity index (χ4v) is 1.59. The monoisotopic (exact) mass is 201 g/mol. The molecule has 0 spiro atoms. The smallest absolute Gasteiger partial charge is 0.0897 e. The van der Waals surface area contributed by atoms with Crippen LogP contribution in [0.2, 0.25) is 0 Å². The largest absolute Gasteiger partial charge is 0.389 e. The van der Waals surface area contributed by atoms with Crippen LogP contribution < -0.4 is 5.32 Å². The Labute approximate surface area is 86.8 Å². The second-order valence-electron chi connectivity index (χ2n) is 4.30. The molecule has 0 bridgehead atoms. The van der Waals surface area contributed by atoms with Gasteiger partial charge in [-0.05, 0) is 26.2 Å². The highest BCUT2D eigenvalue weighted by atomic mass is 16.5. The van der Waals surface area contributed by atoms with Crippen molar-refractivity contribution in [1.29, 1.82) is 0 Å². The average molecular weight is 201 g/mol. The summed E-state index contributed by atoms with van der Waals surface area (Å²) in [5, 5.41) is 12.8. The van der Waals surface area contributed by atoms with Gasteiger partial charge in [-0.1, -0.05) is 12.8 Å². The van der Waals surface area contributed by atoms with Gasteiger partial charge in [0.2, 0.25) is 0 Å². The molecule has 2 atom stereocenters. The second kappa shape index (κ2) is 6.38. The van der Waals surface area contributed by atoms with Gasteiger partial charge in [-0.25, -0.2) is 0 Å². The summed E-state index contributed by atoms with van der Waals surface area (Å²) in [5.41, 5.74) is 0. The predicted octanol–water partition coefficient (Wildman–Crippen LogP) is 1.16. The van der Waals surface area contributed by atoms with Crippen LogP contribution >= 0.6 is 0 Å². The van der Waals surface area contributed by atoms with Crippen molar-refractivity contribution < 1.29 is 9.84 Å². The van der Waals surface area contributed by atoms with Gasteiger partial charge >= 0.3 is 0 Å². The minimum absolute atomic E-state index is 0.364. The van der Waals surface area contributed by atoms with Crippen LogP contribution in [-0.4, -0.2) is 37.0 Å². The van der Waals surface area contributed by atoms with Crippen molar-refractivity contribution in [3.63, 3.8) is 0 Å². The Morgan fingerprint density at radius 1 is 1.50 bits per heavy atom. The van der Waals surface area contributed by atoms with E-state index >= 15 is 0 Å². The van der Waals surface area contributed by atoms with Crippen LogP contribution in [0.3, 0.4) is 0 Å². The topological polar surface area (TPSA) is 41.5 Å². The van der Waals surface area contributed by atoms with Crippen LogP contribution in [0.1, 0.15) is 33.1 Å². The average Bonchev–Trinajstić information content (AvgIpc) is 2.95. The van der Waals surface area contributed by atoms with Crippen LogP contribution in [0, 0.1) is 5.92 Å². The van der Waals surface area contributed by atoms with Crippen molar-refractivity contribution in [3.05, 3.63) is 0 Å². The first-order valence-electron chi connectivity index (χ1n) is 5.71. The molecule has 0 aromatic heterocycles. The van der Waals surface area contributed by atoms with Crippen molar-refractivity contribution in [2.24, 2.45) is 5.92 Å². The SMILES string of the molecule is CCOCC(O)CNC(C)CC1CC1. The number of hydrogen-bond acceptors (Lipinski definition) is 3. The van der Waals surface area contributed by atoms with Gasteiger partial charge in [-0.3, -0.25) is 0 Å². The molecular formula is C11H23NO2. The molecule has 1 aliphatic carbocycles.